The molecule has 0 saturated heterocycles. The van der Waals surface area contributed by atoms with Gasteiger partial charge in [0.15, 0.2) is 0 Å². The number of aryl methyl sites for hydroxylation is 1. The largest absolute Gasteiger partial charge is 0.324 e. The molecule has 0 unspecified atom stereocenters. The molecule has 1 atom stereocenters. The van der Waals surface area contributed by atoms with E-state index in [1.165, 1.54) is 6.07 Å². The Balaban J connectivity index is 2.94. The van der Waals surface area contributed by atoms with Crippen molar-refractivity contribution in [1.29, 1.82) is 0 Å². The Bertz CT molecular complexity index is 307. The van der Waals surface area contributed by atoms with Gasteiger partial charge < -0.3 is 5.73 Å². The van der Waals surface area contributed by atoms with Crippen molar-refractivity contribution in [2.75, 3.05) is 0 Å². The summed E-state index contributed by atoms with van der Waals surface area (Å²) < 4.78 is 13.3. The Hall–Kier alpha value is -1.15. The molecule has 1 nitrogen and oxygen atoms in total. The van der Waals surface area contributed by atoms with Crippen LogP contribution in [0.25, 0.3) is 0 Å². The number of benzene rings is 1. The maximum atomic E-state index is 13.3. The van der Waals surface area contributed by atoms with Gasteiger partial charge in [-0.3, -0.25) is 0 Å². The van der Waals surface area contributed by atoms with E-state index in [9.17, 15) is 4.39 Å². The maximum absolute atomic E-state index is 13.3. The van der Waals surface area contributed by atoms with Crippen LogP contribution in [0.5, 0.6) is 0 Å². The first-order valence-corrected chi connectivity index (χ1v) is 4.27. The van der Waals surface area contributed by atoms with Crippen molar-refractivity contribution in [2.45, 2.75) is 19.4 Å². The molecule has 0 heterocycles. The highest BCUT2D eigenvalue weighted by Gasteiger charge is 2.09. The molecule has 13 heavy (non-hydrogen) atoms. The van der Waals surface area contributed by atoms with Gasteiger partial charge >= 0.3 is 0 Å². The first-order valence-electron chi connectivity index (χ1n) is 4.27. The summed E-state index contributed by atoms with van der Waals surface area (Å²) in [6, 6.07) is 4.82. The molecular formula is C11H14FN. The van der Waals surface area contributed by atoms with E-state index >= 15 is 0 Å². The van der Waals surface area contributed by atoms with Gasteiger partial charge in [0.25, 0.3) is 0 Å². The first-order chi connectivity index (χ1) is 6.15. The van der Waals surface area contributed by atoms with Crippen LogP contribution < -0.4 is 5.73 Å². The van der Waals surface area contributed by atoms with Gasteiger partial charge in [-0.25, -0.2) is 4.39 Å². The molecule has 2 N–H and O–H groups in total. The Morgan fingerprint density at radius 1 is 1.62 bits per heavy atom. The van der Waals surface area contributed by atoms with Gasteiger partial charge in [-0.15, -0.1) is 6.58 Å². The molecule has 2 heteroatoms. The van der Waals surface area contributed by atoms with Crippen LogP contribution in [0, 0.1) is 12.7 Å². The zero-order valence-electron chi connectivity index (χ0n) is 7.76. The monoisotopic (exact) mass is 179 g/mol. The SMILES string of the molecule is C=CC[C@@H](N)c1ccc(C)cc1F. The van der Waals surface area contributed by atoms with E-state index < -0.39 is 0 Å². The molecular weight excluding hydrogens is 165 g/mol. The predicted molar refractivity (Wildman–Crippen MR) is 52.9 cm³/mol. The Labute approximate surface area is 78.1 Å². The highest BCUT2D eigenvalue weighted by atomic mass is 19.1. The van der Waals surface area contributed by atoms with Crippen LogP contribution >= 0.6 is 0 Å². The second-order valence-corrected chi connectivity index (χ2v) is 3.16. The van der Waals surface area contributed by atoms with Gasteiger partial charge in [0.1, 0.15) is 5.82 Å². The lowest BCUT2D eigenvalue weighted by Gasteiger charge is -2.10. The third-order valence-corrected chi connectivity index (χ3v) is 1.98. The fourth-order valence-electron chi connectivity index (χ4n) is 1.24. The van der Waals surface area contributed by atoms with Crippen LogP contribution in [0.15, 0.2) is 30.9 Å². The summed E-state index contributed by atoms with van der Waals surface area (Å²) in [6.07, 6.45) is 2.30. The lowest BCUT2D eigenvalue weighted by atomic mass is 10.0. The molecule has 1 aromatic carbocycles. The molecule has 0 spiro atoms. The highest BCUT2D eigenvalue weighted by Crippen LogP contribution is 2.18. The van der Waals surface area contributed by atoms with E-state index in [2.05, 4.69) is 6.58 Å². The zero-order chi connectivity index (χ0) is 9.84. The Kier molecular flexibility index (Phi) is 3.20. The van der Waals surface area contributed by atoms with Gasteiger partial charge in [0.05, 0.1) is 0 Å². The number of halogens is 1. The number of hydrogen-bond donors (Lipinski definition) is 1. The molecule has 0 fully saturated rings. The molecule has 0 saturated carbocycles. The third-order valence-electron chi connectivity index (χ3n) is 1.98. The van der Waals surface area contributed by atoms with Gasteiger partial charge in [0.2, 0.25) is 0 Å². The molecule has 1 aromatic rings. The Morgan fingerprint density at radius 3 is 2.85 bits per heavy atom. The highest BCUT2D eigenvalue weighted by molar-refractivity contribution is 5.26. The predicted octanol–water partition coefficient (Wildman–Crippen LogP) is 2.71. The molecule has 0 aliphatic carbocycles. The van der Waals surface area contributed by atoms with Crippen molar-refractivity contribution >= 4 is 0 Å². The normalized spacial score (nSPS) is 12.5. The zero-order valence-corrected chi connectivity index (χ0v) is 7.76. The summed E-state index contributed by atoms with van der Waals surface area (Å²) in [6.45, 7) is 5.42. The van der Waals surface area contributed by atoms with Crippen LogP contribution in [0.4, 0.5) is 4.39 Å². The molecule has 0 radical (unpaired) electrons. The van der Waals surface area contributed by atoms with Crippen molar-refractivity contribution in [1.82, 2.24) is 0 Å². The average molecular weight is 179 g/mol. The summed E-state index contributed by atoms with van der Waals surface area (Å²) >= 11 is 0. The standard InChI is InChI=1S/C11H14FN/c1-3-4-11(13)9-6-5-8(2)7-10(9)12/h3,5-7,11H,1,4,13H2,2H3/t11-/m1/s1. The van der Waals surface area contributed by atoms with Crippen molar-refractivity contribution in [2.24, 2.45) is 5.73 Å². The van der Waals surface area contributed by atoms with Crippen LogP contribution in [0.2, 0.25) is 0 Å². The van der Waals surface area contributed by atoms with Gasteiger partial charge in [-0.1, -0.05) is 18.2 Å². The lowest BCUT2D eigenvalue weighted by Crippen LogP contribution is -2.11. The molecule has 0 aromatic heterocycles. The topological polar surface area (TPSA) is 26.0 Å². The molecule has 0 aliphatic rings. The van der Waals surface area contributed by atoms with Crippen molar-refractivity contribution in [3.8, 4) is 0 Å². The summed E-state index contributed by atoms with van der Waals surface area (Å²) in [5.74, 6) is -0.227. The van der Waals surface area contributed by atoms with Crippen LogP contribution in [0.1, 0.15) is 23.6 Å². The van der Waals surface area contributed by atoms with Crippen LogP contribution in [0.3, 0.4) is 0 Å². The number of nitrogens with two attached hydrogens (primary N) is 1. The summed E-state index contributed by atoms with van der Waals surface area (Å²) in [7, 11) is 0. The van der Waals surface area contributed by atoms with E-state index in [0.717, 1.165) is 5.56 Å². The van der Waals surface area contributed by atoms with E-state index in [4.69, 9.17) is 5.73 Å². The minimum atomic E-state index is -0.280. The van der Waals surface area contributed by atoms with Crippen molar-refractivity contribution in [3.63, 3.8) is 0 Å². The van der Waals surface area contributed by atoms with E-state index in [1.54, 1.807) is 12.1 Å². The lowest BCUT2D eigenvalue weighted by molar-refractivity contribution is 0.582. The molecule has 0 bridgehead atoms. The smallest absolute Gasteiger partial charge is 0.128 e. The Morgan fingerprint density at radius 2 is 2.31 bits per heavy atom. The van der Waals surface area contributed by atoms with E-state index in [1.807, 2.05) is 13.0 Å². The minimum Gasteiger partial charge on any atom is -0.324 e. The first kappa shape index (κ1) is 9.93. The third kappa shape index (κ3) is 2.39. The maximum Gasteiger partial charge on any atom is 0.128 e. The molecule has 1 rings (SSSR count). The van der Waals surface area contributed by atoms with Crippen LogP contribution in [-0.2, 0) is 0 Å². The molecule has 70 valence electrons. The number of rotatable bonds is 3. The summed E-state index contributed by atoms with van der Waals surface area (Å²) in [5, 5.41) is 0. The van der Waals surface area contributed by atoms with E-state index in [-0.39, 0.29) is 11.9 Å². The van der Waals surface area contributed by atoms with Crippen LogP contribution in [-0.4, -0.2) is 0 Å². The second-order valence-electron chi connectivity index (χ2n) is 3.16. The second kappa shape index (κ2) is 4.19. The summed E-state index contributed by atoms with van der Waals surface area (Å²) in [4.78, 5) is 0. The molecule has 0 amide bonds. The van der Waals surface area contributed by atoms with Gasteiger partial charge in [-0.2, -0.15) is 0 Å². The van der Waals surface area contributed by atoms with Gasteiger partial charge in [-0.05, 0) is 25.0 Å². The van der Waals surface area contributed by atoms with Gasteiger partial charge in [0, 0.05) is 11.6 Å². The summed E-state index contributed by atoms with van der Waals surface area (Å²) in [5.41, 5.74) is 7.22. The fourth-order valence-corrected chi connectivity index (χ4v) is 1.24. The minimum absolute atomic E-state index is 0.227. The van der Waals surface area contributed by atoms with Crippen molar-refractivity contribution in [3.05, 3.63) is 47.8 Å². The van der Waals surface area contributed by atoms with Crippen molar-refractivity contribution < 1.29 is 4.39 Å². The fraction of sp³-hybridized carbons (Fsp3) is 0.273. The number of hydrogen-bond acceptors (Lipinski definition) is 1. The average Bonchev–Trinajstić information content (AvgIpc) is 2.04. The molecule has 0 aliphatic heterocycles. The quantitative estimate of drug-likeness (QED) is 0.709. The van der Waals surface area contributed by atoms with E-state index in [0.29, 0.717) is 12.0 Å².